The standard InChI is InChI=1S/C19H14N4OS/c24-18(21-19-20-11-12-25-19)14-6-2-1-5-13(14)9-10-17-15-7-3-4-8-16(15)22-23-17/h1-12H,(H,22,23)(H,20,21,24)/b10-9+. The van der Waals surface area contributed by atoms with Crippen molar-refractivity contribution in [3.63, 3.8) is 0 Å². The fourth-order valence-electron chi connectivity index (χ4n) is 2.58. The van der Waals surface area contributed by atoms with Crippen LogP contribution in [-0.4, -0.2) is 21.1 Å². The number of H-pyrrole nitrogens is 1. The van der Waals surface area contributed by atoms with Gasteiger partial charge in [-0.1, -0.05) is 42.5 Å². The molecule has 0 saturated heterocycles. The molecule has 0 saturated carbocycles. The molecule has 2 aromatic heterocycles. The van der Waals surface area contributed by atoms with Crippen LogP contribution in [0.15, 0.2) is 60.1 Å². The Morgan fingerprint density at radius 2 is 1.92 bits per heavy atom. The van der Waals surface area contributed by atoms with E-state index in [4.69, 9.17) is 0 Å². The number of amides is 1. The summed E-state index contributed by atoms with van der Waals surface area (Å²) < 4.78 is 0. The number of benzene rings is 2. The lowest BCUT2D eigenvalue weighted by Crippen LogP contribution is -2.12. The van der Waals surface area contributed by atoms with Gasteiger partial charge in [-0.3, -0.25) is 15.2 Å². The quantitative estimate of drug-likeness (QED) is 0.574. The molecule has 122 valence electrons. The first-order chi connectivity index (χ1) is 12.3. The first-order valence-electron chi connectivity index (χ1n) is 7.72. The van der Waals surface area contributed by atoms with Crippen LogP contribution in [0.3, 0.4) is 0 Å². The molecule has 2 aromatic carbocycles. The Hall–Kier alpha value is -3.25. The van der Waals surface area contributed by atoms with Crippen LogP contribution in [0.1, 0.15) is 21.6 Å². The van der Waals surface area contributed by atoms with Crippen molar-refractivity contribution in [3.8, 4) is 0 Å². The smallest absolute Gasteiger partial charge is 0.258 e. The molecule has 25 heavy (non-hydrogen) atoms. The Kier molecular flexibility index (Phi) is 4.10. The number of hydrogen-bond acceptors (Lipinski definition) is 4. The summed E-state index contributed by atoms with van der Waals surface area (Å²) in [5.74, 6) is -0.179. The monoisotopic (exact) mass is 346 g/mol. The van der Waals surface area contributed by atoms with Gasteiger partial charge in [0.2, 0.25) is 0 Å². The molecular formula is C19H14N4OS. The molecular weight excluding hydrogens is 332 g/mol. The zero-order valence-corrected chi connectivity index (χ0v) is 14.0. The van der Waals surface area contributed by atoms with Crippen molar-refractivity contribution in [1.82, 2.24) is 15.2 Å². The molecule has 0 spiro atoms. The molecule has 0 aliphatic heterocycles. The van der Waals surface area contributed by atoms with E-state index in [9.17, 15) is 4.79 Å². The van der Waals surface area contributed by atoms with E-state index in [1.54, 1.807) is 12.3 Å². The molecule has 2 heterocycles. The van der Waals surface area contributed by atoms with Crippen molar-refractivity contribution in [1.29, 1.82) is 0 Å². The maximum Gasteiger partial charge on any atom is 0.258 e. The lowest BCUT2D eigenvalue weighted by atomic mass is 10.1. The topological polar surface area (TPSA) is 70.7 Å². The average Bonchev–Trinajstić information content (AvgIpc) is 3.30. The highest BCUT2D eigenvalue weighted by atomic mass is 32.1. The largest absolute Gasteiger partial charge is 0.298 e. The van der Waals surface area contributed by atoms with Crippen LogP contribution in [0.2, 0.25) is 0 Å². The van der Waals surface area contributed by atoms with E-state index >= 15 is 0 Å². The second-order valence-corrected chi connectivity index (χ2v) is 6.26. The third-order valence-corrected chi connectivity index (χ3v) is 4.47. The maximum atomic E-state index is 12.5. The van der Waals surface area contributed by atoms with Gasteiger partial charge in [-0.15, -0.1) is 11.3 Å². The van der Waals surface area contributed by atoms with Gasteiger partial charge in [0.1, 0.15) is 0 Å². The molecule has 2 N–H and O–H groups in total. The highest BCUT2D eigenvalue weighted by molar-refractivity contribution is 7.13. The van der Waals surface area contributed by atoms with Crippen LogP contribution in [-0.2, 0) is 0 Å². The van der Waals surface area contributed by atoms with Gasteiger partial charge in [-0.25, -0.2) is 4.98 Å². The second-order valence-electron chi connectivity index (χ2n) is 5.37. The fourth-order valence-corrected chi connectivity index (χ4v) is 3.10. The summed E-state index contributed by atoms with van der Waals surface area (Å²) in [4.78, 5) is 16.6. The molecule has 0 aliphatic carbocycles. The van der Waals surface area contributed by atoms with E-state index in [0.717, 1.165) is 22.2 Å². The number of carbonyl (C=O) groups excluding carboxylic acids is 1. The lowest BCUT2D eigenvalue weighted by molar-refractivity contribution is 0.102. The Balaban J connectivity index is 1.63. The molecule has 0 radical (unpaired) electrons. The Morgan fingerprint density at radius 3 is 2.80 bits per heavy atom. The summed E-state index contributed by atoms with van der Waals surface area (Å²) in [6.45, 7) is 0. The van der Waals surface area contributed by atoms with Crippen LogP contribution in [0.25, 0.3) is 23.1 Å². The van der Waals surface area contributed by atoms with Crippen LogP contribution in [0, 0.1) is 0 Å². The van der Waals surface area contributed by atoms with Gasteiger partial charge in [0.05, 0.1) is 11.2 Å². The normalized spacial score (nSPS) is 11.2. The molecule has 0 bridgehead atoms. The number of nitrogens with one attached hydrogen (secondary N) is 2. The highest BCUT2D eigenvalue weighted by Crippen LogP contribution is 2.20. The van der Waals surface area contributed by atoms with Gasteiger partial charge >= 0.3 is 0 Å². The van der Waals surface area contributed by atoms with E-state index in [0.29, 0.717) is 10.7 Å². The molecule has 0 unspecified atom stereocenters. The van der Waals surface area contributed by atoms with Crippen LogP contribution < -0.4 is 5.32 Å². The Bertz CT molecular complexity index is 1050. The zero-order valence-electron chi connectivity index (χ0n) is 13.1. The number of para-hydroxylation sites is 1. The van der Waals surface area contributed by atoms with Gasteiger partial charge in [-0.05, 0) is 23.8 Å². The molecule has 5 nitrogen and oxygen atoms in total. The van der Waals surface area contributed by atoms with E-state index in [-0.39, 0.29) is 5.91 Å². The minimum atomic E-state index is -0.179. The molecule has 0 fully saturated rings. The van der Waals surface area contributed by atoms with Gasteiger partial charge in [0.25, 0.3) is 5.91 Å². The van der Waals surface area contributed by atoms with E-state index < -0.39 is 0 Å². The van der Waals surface area contributed by atoms with Crippen molar-refractivity contribution >= 4 is 45.4 Å². The first-order valence-corrected chi connectivity index (χ1v) is 8.60. The van der Waals surface area contributed by atoms with Gasteiger partial charge in [-0.2, -0.15) is 5.10 Å². The van der Waals surface area contributed by atoms with E-state index in [1.165, 1.54) is 11.3 Å². The van der Waals surface area contributed by atoms with Crippen LogP contribution in [0.4, 0.5) is 5.13 Å². The summed E-state index contributed by atoms with van der Waals surface area (Å²) in [6, 6.07) is 15.4. The van der Waals surface area contributed by atoms with Gasteiger partial charge in [0, 0.05) is 22.5 Å². The van der Waals surface area contributed by atoms with Gasteiger partial charge in [0.15, 0.2) is 5.13 Å². The lowest BCUT2D eigenvalue weighted by Gasteiger charge is -2.05. The summed E-state index contributed by atoms with van der Waals surface area (Å²) in [7, 11) is 0. The third-order valence-electron chi connectivity index (χ3n) is 3.78. The van der Waals surface area contributed by atoms with Crippen molar-refractivity contribution in [2.45, 2.75) is 0 Å². The molecule has 4 aromatic rings. The number of aromatic amines is 1. The van der Waals surface area contributed by atoms with E-state index in [2.05, 4.69) is 20.5 Å². The van der Waals surface area contributed by atoms with Crippen molar-refractivity contribution in [2.24, 2.45) is 0 Å². The predicted molar refractivity (Wildman–Crippen MR) is 102 cm³/mol. The number of rotatable bonds is 4. The SMILES string of the molecule is O=C(Nc1nccs1)c1ccccc1/C=C/c1n[nH]c2ccccc12. The summed E-state index contributed by atoms with van der Waals surface area (Å²) in [5.41, 5.74) is 3.24. The number of aromatic nitrogens is 3. The molecule has 0 atom stereocenters. The summed E-state index contributed by atoms with van der Waals surface area (Å²) in [6.07, 6.45) is 5.47. The predicted octanol–water partition coefficient (Wildman–Crippen LogP) is 4.44. The Labute approximate surface area is 148 Å². The molecule has 1 amide bonds. The minimum Gasteiger partial charge on any atom is -0.298 e. The minimum absolute atomic E-state index is 0.179. The molecule has 6 heteroatoms. The zero-order chi connectivity index (χ0) is 17.1. The fraction of sp³-hybridized carbons (Fsp3) is 0. The average molecular weight is 346 g/mol. The number of carbonyl (C=O) groups is 1. The number of anilines is 1. The Morgan fingerprint density at radius 1 is 1.08 bits per heavy atom. The number of nitrogens with zero attached hydrogens (tertiary/aromatic N) is 2. The van der Waals surface area contributed by atoms with Gasteiger partial charge < -0.3 is 0 Å². The second kappa shape index (κ2) is 6.70. The maximum absolute atomic E-state index is 12.5. The van der Waals surface area contributed by atoms with E-state index in [1.807, 2.05) is 60.0 Å². The highest BCUT2D eigenvalue weighted by Gasteiger charge is 2.11. The third kappa shape index (κ3) is 3.20. The van der Waals surface area contributed by atoms with Crippen LogP contribution >= 0.6 is 11.3 Å². The molecule has 4 rings (SSSR count). The number of thiazole rings is 1. The first kappa shape index (κ1) is 15.3. The molecule has 0 aliphatic rings. The van der Waals surface area contributed by atoms with Crippen molar-refractivity contribution in [3.05, 3.63) is 76.9 Å². The number of fused-ring (bicyclic) bond motifs is 1. The van der Waals surface area contributed by atoms with Crippen molar-refractivity contribution in [2.75, 3.05) is 5.32 Å². The summed E-state index contributed by atoms with van der Waals surface area (Å²) >= 11 is 1.39. The number of hydrogen-bond donors (Lipinski definition) is 2. The summed E-state index contributed by atoms with van der Waals surface area (Å²) in [5, 5.41) is 13.6. The van der Waals surface area contributed by atoms with Crippen LogP contribution in [0.5, 0.6) is 0 Å². The van der Waals surface area contributed by atoms with Crippen molar-refractivity contribution < 1.29 is 4.79 Å².